The Balaban J connectivity index is 1.71. The zero-order valence-electron chi connectivity index (χ0n) is 11.3. The molecule has 2 aromatic carbocycles. The minimum absolute atomic E-state index is 0.0789. The maximum atomic E-state index is 12.9. The average Bonchev–Trinajstić information content (AvgIpc) is 2.46. The minimum Gasteiger partial charge on any atom is -0.492 e. The van der Waals surface area contributed by atoms with Gasteiger partial charge in [0.2, 0.25) is 5.91 Å². The van der Waals surface area contributed by atoms with Crippen LogP contribution in [0.4, 0.5) is 4.39 Å². The van der Waals surface area contributed by atoms with Crippen molar-refractivity contribution < 1.29 is 13.9 Å². The third kappa shape index (κ3) is 5.19. The highest BCUT2D eigenvalue weighted by Crippen LogP contribution is 2.16. The smallest absolute Gasteiger partial charge is 0.224 e. The van der Waals surface area contributed by atoms with Gasteiger partial charge in [-0.3, -0.25) is 4.79 Å². The van der Waals surface area contributed by atoms with Gasteiger partial charge in [0.25, 0.3) is 0 Å². The summed E-state index contributed by atoms with van der Waals surface area (Å²) in [6.45, 7) is 0.672. The molecule has 1 amide bonds. The molecule has 0 atom stereocenters. The molecule has 0 fully saturated rings. The minimum atomic E-state index is -0.342. The largest absolute Gasteiger partial charge is 0.492 e. The van der Waals surface area contributed by atoms with Crippen molar-refractivity contribution >= 4 is 21.8 Å². The van der Waals surface area contributed by atoms with Crippen LogP contribution in [0.1, 0.15) is 5.56 Å². The topological polar surface area (TPSA) is 38.3 Å². The first-order valence-corrected chi connectivity index (χ1v) is 7.33. The van der Waals surface area contributed by atoms with Gasteiger partial charge in [0.05, 0.1) is 13.0 Å². The van der Waals surface area contributed by atoms with E-state index in [4.69, 9.17) is 4.74 Å². The monoisotopic (exact) mass is 351 g/mol. The van der Waals surface area contributed by atoms with Gasteiger partial charge in [-0.15, -0.1) is 0 Å². The Bertz CT molecular complexity index is 619. The molecule has 0 radical (unpaired) electrons. The molecule has 2 rings (SSSR count). The maximum Gasteiger partial charge on any atom is 0.224 e. The van der Waals surface area contributed by atoms with Crippen molar-refractivity contribution in [3.8, 4) is 5.75 Å². The first kappa shape index (κ1) is 15.5. The molecular formula is C16H15BrFNO2. The van der Waals surface area contributed by atoms with Crippen molar-refractivity contribution in [2.24, 2.45) is 0 Å². The fourth-order valence-corrected chi connectivity index (χ4v) is 2.22. The predicted molar refractivity (Wildman–Crippen MR) is 82.8 cm³/mol. The summed E-state index contributed by atoms with van der Waals surface area (Å²) in [4.78, 5) is 11.8. The molecule has 2 aromatic rings. The Morgan fingerprint density at radius 3 is 2.76 bits per heavy atom. The summed E-state index contributed by atoms with van der Waals surface area (Å²) in [5.74, 6) is 0.0326. The number of hydrogen-bond donors (Lipinski definition) is 1. The molecule has 21 heavy (non-hydrogen) atoms. The standard InChI is InChI=1S/C16H15BrFNO2/c17-15-7-2-1-4-12(15)10-16(20)19-8-9-21-14-6-3-5-13(18)11-14/h1-7,11H,8-10H2,(H,19,20). The van der Waals surface area contributed by atoms with Gasteiger partial charge in [-0.1, -0.05) is 40.2 Å². The van der Waals surface area contributed by atoms with Crippen molar-refractivity contribution in [3.63, 3.8) is 0 Å². The van der Waals surface area contributed by atoms with Crippen LogP contribution < -0.4 is 10.1 Å². The zero-order chi connectivity index (χ0) is 15.1. The maximum absolute atomic E-state index is 12.9. The summed E-state index contributed by atoms with van der Waals surface area (Å²) in [5, 5.41) is 2.76. The fourth-order valence-electron chi connectivity index (χ4n) is 1.79. The van der Waals surface area contributed by atoms with Crippen LogP contribution in [-0.4, -0.2) is 19.1 Å². The summed E-state index contributed by atoms with van der Waals surface area (Å²) < 4.78 is 19.2. The van der Waals surface area contributed by atoms with Gasteiger partial charge >= 0.3 is 0 Å². The first-order chi connectivity index (χ1) is 10.1. The van der Waals surface area contributed by atoms with Gasteiger partial charge in [-0.25, -0.2) is 4.39 Å². The summed E-state index contributed by atoms with van der Waals surface area (Å²) in [6.07, 6.45) is 0.307. The lowest BCUT2D eigenvalue weighted by Gasteiger charge is -2.08. The van der Waals surface area contributed by atoms with Gasteiger partial charge in [0, 0.05) is 10.5 Å². The number of carbonyl (C=O) groups excluding carboxylic acids is 1. The SMILES string of the molecule is O=C(Cc1ccccc1Br)NCCOc1cccc(F)c1. The summed E-state index contributed by atoms with van der Waals surface area (Å²) >= 11 is 3.40. The van der Waals surface area contributed by atoms with E-state index in [1.165, 1.54) is 12.1 Å². The quantitative estimate of drug-likeness (QED) is 0.810. The molecule has 0 saturated heterocycles. The van der Waals surface area contributed by atoms with E-state index >= 15 is 0 Å². The third-order valence-electron chi connectivity index (χ3n) is 2.80. The zero-order valence-corrected chi connectivity index (χ0v) is 12.9. The van der Waals surface area contributed by atoms with E-state index in [1.54, 1.807) is 12.1 Å². The van der Waals surface area contributed by atoms with Crippen LogP contribution in [-0.2, 0) is 11.2 Å². The number of halogens is 2. The van der Waals surface area contributed by atoms with Crippen molar-refractivity contribution in [1.82, 2.24) is 5.32 Å². The highest BCUT2D eigenvalue weighted by Gasteiger charge is 2.05. The molecule has 0 aliphatic rings. The Morgan fingerprint density at radius 2 is 2.00 bits per heavy atom. The number of benzene rings is 2. The van der Waals surface area contributed by atoms with Crippen molar-refractivity contribution in [3.05, 3.63) is 64.4 Å². The van der Waals surface area contributed by atoms with Crippen LogP contribution in [0.5, 0.6) is 5.75 Å². The first-order valence-electron chi connectivity index (χ1n) is 6.53. The molecule has 1 N–H and O–H groups in total. The lowest BCUT2D eigenvalue weighted by atomic mass is 10.1. The molecule has 0 aliphatic carbocycles. The van der Waals surface area contributed by atoms with E-state index in [0.29, 0.717) is 25.3 Å². The van der Waals surface area contributed by atoms with Crippen LogP contribution in [0.2, 0.25) is 0 Å². The molecule has 0 aromatic heterocycles. The number of ether oxygens (including phenoxy) is 1. The van der Waals surface area contributed by atoms with E-state index in [0.717, 1.165) is 10.0 Å². The lowest BCUT2D eigenvalue weighted by molar-refractivity contribution is -0.120. The average molecular weight is 352 g/mol. The van der Waals surface area contributed by atoms with E-state index in [1.807, 2.05) is 24.3 Å². The number of rotatable bonds is 6. The van der Waals surface area contributed by atoms with Crippen molar-refractivity contribution in [1.29, 1.82) is 0 Å². The summed E-state index contributed by atoms with van der Waals surface area (Å²) in [5.41, 5.74) is 0.932. The second kappa shape index (κ2) is 7.78. The molecule has 3 nitrogen and oxygen atoms in total. The Labute approximate surface area is 131 Å². The van der Waals surface area contributed by atoms with E-state index < -0.39 is 0 Å². The van der Waals surface area contributed by atoms with Crippen LogP contribution in [0, 0.1) is 5.82 Å². The van der Waals surface area contributed by atoms with Crippen molar-refractivity contribution in [2.45, 2.75) is 6.42 Å². The number of carbonyl (C=O) groups is 1. The van der Waals surface area contributed by atoms with Crippen LogP contribution in [0.15, 0.2) is 53.0 Å². The molecule has 0 heterocycles. The van der Waals surface area contributed by atoms with Gasteiger partial charge < -0.3 is 10.1 Å². The molecule has 0 unspecified atom stereocenters. The molecule has 0 bridgehead atoms. The summed E-state index contributed by atoms with van der Waals surface area (Å²) in [7, 11) is 0. The van der Waals surface area contributed by atoms with E-state index in [9.17, 15) is 9.18 Å². The predicted octanol–water partition coefficient (Wildman–Crippen LogP) is 3.33. The molecule has 5 heteroatoms. The van der Waals surface area contributed by atoms with Crippen molar-refractivity contribution in [2.75, 3.05) is 13.2 Å². The third-order valence-corrected chi connectivity index (χ3v) is 3.57. The second-order valence-corrected chi connectivity index (χ2v) is 5.28. The number of nitrogens with one attached hydrogen (secondary N) is 1. The highest BCUT2D eigenvalue weighted by molar-refractivity contribution is 9.10. The van der Waals surface area contributed by atoms with Gasteiger partial charge in [-0.2, -0.15) is 0 Å². The molecule has 0 aliphatic heterocycles. The van der Waals surface area contributed by atoms with Gasteiger partial charge in [0.15, 0.2) is 0 Å². The van der Waals surface area contributed by atoms with E-state index in [2.05, 4.69) is 21.2 Å². The molecule has 0 spiro atoms. The van der Waals surface area contributed by atoms with Crippen LogP contribution in [0.3, 0.4) is 0 Å². The second-order valence-electron chi connectivity index (χ2n) is 4.42. The summed E-state index contributed by atoms with van der Waals surface area (Å²) in [6, 6.07) is 13.5. The number of hydrogen-bond acceptors (Lipinski definition) is 2. The molecule has 110 valence electrons. The Morgan fingerprint density at radius 1 is 1.19 bits per heavy atom. The fraction of sp³-hybridized carbons (Fsp3) is 0.188. The highest BCUT2D eigenvalue weighted by atomic mass is 79.9. The lowest BCUT2D eigenvalue weighted by Crippen LogP contribution is -2.29. The molecule has 0 saturated carbocycles. The molecular weight excluding hydrogens is 337 g/mol. The van der Waals surface area contributed by atoms with E-state index in [-0.39, 0.29) is 11.7 Å². The van der Waals surface area contributed by atoms with Crippen LogP contribution >= 0.6 is 15.9 Å². The Kier molecular flexibility index (Phi) is 5.75. The van der Waals surface area contributed by atoms with Crippen LogP contribution in [0.25, 0.3) is 0 Å². The number of amides is 1. The normalized spacial score (nSPS) is 10.2. The Hall–Kier alpha value is -1.88. The van der Waals surface area contributed by atoms with Gasteiger partial charge in [0.1, 0.15) is 18.2 Å². The van der Waals surface area contributed by atoms with Gasteiger partial charge in [-0.05, 0) is 23.8 Å².